The third kappa shape index (κ3) is 5.18. The summed E-state index contributed by atoms with van der Waals surface area (Å²) in [6, 6.07) is 8.77. The topological polar surface area (TPSA) is 73.8 Å². The zero-order chi connectivity index (χ0) is 23.3. The highest BCUT2D eigenvalue weighted by molar-refractivity contribution is 6.00. The van der Waals surface area contributed by atoms with Gasteiger partial charge in [0.05, 0.1) is 6.42 Å². The van der Waals surface area contributed by atoms with Crippen LogP contribution in [0.15, 0.2) is 30.5 Å². The Morgan fingerprint density at radius 1 is 1.06 bits per heavy atom. The number of benzene rings is 1. The van der Waals surface area contributed by atoms with Gasteiger partial charge in [-0.3, -0.25) is 14.6 Å². The molecule has 2 fully saturated rings. The Morgan fingerprint density at radius 3 is 2.56 bits per heavy atom. The first kappa shape index (κ1) is 23.1. The molecule has 34 heavy (non-hydrogen) atoms. The van der Waals surface area contributed by atoms with Crippen LogP contribution in [0.1, 0.15) is 44.1 Å². The number of hydrogen-bond acceptors (Lipinski definition) is 7. The van der Waals surface area contributed by atoms with Crippen LogP contribution in [-0.2, 0) is 16.0 Å². The number of anilines is 4. The van der Waals surface area contributed by atoms with E-state index in [0.29, 0.717) is 12.4 Å². The van der Waals surface area contributed by atoms with E-state index < -0.39 is 0 Å². The summed E-state index contributed by atoms with van der Waals surface area (Å²) in [4.78, 5) is 28.8. The molecule has 182 valence electrons. The van der Waals surface area contributed by atoms with E-state index in [-0.39, 0.29) is 11.9 Å². The van der Waals surface area contributed by atoms with Crippen LogP contribution in [0.3, 0.4) is 0 Å². The highest BCUT2D eigenvalue weighted by atomic mass is 16.5. The van der Waals surface area contributed by atoms with Crippen molar-refractivity contribution < 1.29 is 9.53 Å². The molecule has 0 radical (unpaired) electrons. The van der Waals surface area contributed by atoms with Crippen LogP contribution in [0.4, 0.5) is 23.1 Å². The minimum Gasteiger partial charge on any atom is -0.385 e. The van der Waals surface area contributed by atoms with Gasteiger partial charge in [0.15, 0.2) is 0 Å². The molecule has 3 aliphatic rings. The molecule has 5 rings (SSSR count). The number of piperazine rings is 1. The van der Waals surface area contributed by atoms with Crippen molar-refractivity contribution in [2.24, 2.45) is 0 Å². The van der Waals surface area contributed by atoms with E-state index in [1.165, 1.54) is 24.9 Å². The molecule has 1 aromatic heterocycles. The highest BCUT2D eigenvalue weighted by Gasteiger charge is 2.35. The molecule has 0 spiro atoms. The van der Waals surface area contributed by atoms with E-state index >= 15 is 0 Å². The van der Waals surface area contributed by atoms with E-state index in [1.807, 2.05) is 11.1 Å². The first-order valence-electron chi connectivity index (χ1n) is 12.7. The van der Waals surface area contributed by atoms with Crippen molar-refractivity contribution >= 4 is 29.0 Å². The Hall–Kier alpha value is -2.71. The maximum atomic E-state index is 12.7. The van der Waals surface area contributed by atoms with Crippen LogP contribution >= 0.6 is 0 Å². The summed E-state index contributed by atoms with van der Waals surface area (Å²) in [6.45, 7) is 6.19. The van der Waals surface area contributed by atoms with Gasteiger partial charge < -0.3 is 15.0 Å². The SMILES string of the molecule is COCCCN1CCN(c2ccc(Nc3ncc4c(n3)N(C3CCCCC3)C(=O)C4)cc2)CC1. The number of fused-ring (bicyclic) bond motifs is 1. The van der Waals surface area contributed by atoms with E-state index in [1.54, 1.807) is 7.11 Å². The molecule has 1 amide bonds. The van der Waals surface area contributed by atoms with Gasteiger partial charge in [0, 0.05) is 75.6 Å². The zero-order valence-corrected chi connectivity index (χ0v) is 20.2. The third-order valence-electron chi connectivity index (χ3n) is 7.30. The number of nitrogens with one attached hydrogen (secondary N) is 1. The number of hydrogen-bond donors (Lipinski definition) is 1. The summed E-state index contributed by atoms with van der Waals surface area (Å²) in [5.74, 6) is 1.51. The van der Waals surface area contributed by atoms with Gasteiger partial charge in [-0.2, -0.15) is 4.98 Å². The van der Waals surface area contributed by atoms with Crippen LogP contribution in [0, 0.1) is 0 Å². The second-order valence-corrected chi connectivity index (χ2v) is 9.62. The number of carbonyl (C=O) groups is 1. The lowest BCUT2D eigenvalue weighted by Crippen LogP contribution is -2.46. The molecule has 3 heterocycles. The largest absolute Gasteiger partial charge is 0.385 e. The van der Waals surface area contributed by atoms with Crippen LogP contribution in [0.25, 0.3) is 0 Å². The van der Waals surface area contributed by atoms with Gasteiger partial charge in [0.25, 0.3) is 0 Å². The first-order valence-corrected chi connectivity index (χ1v) is 12.7. The zero-order valence-electron chi connectivity index (χ0n) is 20.2. The Morgan fingerprint density at radius 2 is 1.82 bits per heavy atom. The van der Waals surface area contributed by atoms with E-state index in [9.17, 15) is 4.79 Å². The van der Waals surface area contributed by atoms with Gasteiger partial charge in [0.2, 0.25) is 11.9 Å². The van der Waals surface area contributed by atoms with Crippen molar-refractivity contribution in [1.29, 1.82) is 0 Å². The molecule has 0 bridgehead atoms. The second kappa shape index (κ2) is 10.7. The van der Waals surface area contributed by atoms with E-state index in [4.69, 9.17) is 9.72 Å². The highest BCUT2D eigenvalue weighted by Crippen LogP contribution is 2.34. The summed E-state index contributed by atoms with van der Waals surface area (Å²) in [5.41, 5.74) is 3.14. The quantitative estimate of drug-likeness (QED) is 0.599. The molecule has 8 nitrogen and oxygen atoms in total. The van der Waals surface area contributed by atoms with Crippen molar-refractivity contribution in [2.75, 3.05) is 61.6 Å². The smallest absolute Gasteiger partial charge is 0.233 e. The standard InChI is InChI=1S/C26H36N6O2/c1-34-17-5-12-30-13-15-31(16-14-30)22-10-8-21(9-11-22)28-26-27-19-20-18-24(33)32(25(20)29-26)23-6-3-2-4-7-23/h8-11,19,23H,2-7,12-18H2,1H3,(H,27,28,29). The van der Waals surface area contributed by atoms with Gasteiger partial charge in [0.1, 0.15) is 5.82 Å². The van der Waals surface area contributed by atoms with Crippen molar-refractivity contribution in [3.63, 3.8) is 0 Å². The fourth-order valence-electron chi connectivity index (χ4n) is 5.42. The molecule has 0 unspecified atom stereocenters. The van der Waals surface area contributed by atoms with Crippen molar-refractivity contribution in [3.8, 4) is 0 Å². The van der Waals surface area contributed by atoms with Gasteiger partial charge in [-0.25, -0.2) is 4.98 Å². The van der Waals surface area contributed by atoms with Crippen molar-refractivity contribution in [2.45, 2.75) is 51.0 Å². The van der Waals surface area contributed by atoms with Gasteiger partial charge >= 0.3 is 0 Å². The summed E-state index contributed by atoms with van der Waals surface area (Å²) >= 11 is 0. The number of carbonyl (C=O) groups excluding carboxylic acids is 1. The minimum absolute atomic E-state index is 0.163. The monoisotopic (exact) mass is 464 g/mol. The molecule has 2 aromatic rings. The maximum Gasteiger partial charge on any atom is 0.233 e. The van der Waals surface area contributed by atoms with Crippen LogP contribution in [0.2, 0.25) is 0 Å². The summed E-state index contributed by atoms with van der Waals surface area (Å²) < 4.78 is 5.17. The van der Waals surface area contributed by atoms with Crippen molar-refractivity contribution in [3.05, 3.63) is 36.0 Å². The molecule has 1 aromatic carbocycles. The fraction of sp³-hybridized carbons (Fsp3) is 0.577. The van der Waals surface area contributed by atoms with E-state index in [0.717, 1.165) is 75.7 Å². The lowest BCUT2D eigenvalue weighted by molar-refractivity contribution is -0.118. The van der Waals surface area contributed by atoms with Gasteiger partial charge in [-0.15, -0.1) is 0 Å². The number of methoxy groups -OCH3 is 1. The maximum absolute atomic E-state index is 12.7. The Kier molecular flexibility index (Phi) is 7.25. The van der Waals surface area contributed by atoms with Crippen LogP contribution in [0.5, 0.6) is 0 Å². The molecular formula is C26H36N6O2. The fourth-order valence-corrected chi connectivity index (χ4v) is 5.42. The first-order chi connectivity index (χ1) is 16.7. The second-order valence-electron chi connectivity index (χ2n) is 9.62. The Bertz CT molecular complexity index is 968. The van der Waals surface area contributed by atoms with Gasteiger partial charge in [-0.05, 0) is 43.5 Å². The molecule has 8 heteroatoms. The average Bonchev–Trinajstić information content (AvgIpc) is 3.20. The number of ether oxygens (including phenoxy) is 1. The molecule has 0 atom stereocenters. The van der Waals surface area contributed by atoms with E-state index in [2.05, 4.69) is 44.4 Å². The molecule has 1 aliphatic carbocycles. The summed E-state index contributed by atoms with van der Waals surface area (Å²) in [5, 5.41) is 3.34. The van der Waals surface area contributed by atoms with Crippen LogP contribution in [-0.4, -0.2) is 73.3 Å². The number of aromatic nitrogens is 2. The summed E-state index contributed by atoms with van der Waals surface area (Å²) in [6.07, 6.45) is 9.11. The number of amides is 1. The minimum atomic E-state index is 0.163. The summed E-state index contributed by atoms with van der Waals surface area (Å²) in [7, 11) is 1.76. The predicted molar refractivity (Wildman–Crippen MR) is 135 cm³/mol. The Labute approximate surface area is 202 Å². The third-order valence-corrected chi connectivity index (χ3v) is 7.30. The Balaban J connectivity index is 1.20. The lowest BCUT2D eigenvalue weighted by Gasteiger charge is -2.36. The molecule has 1 saturated heterocycles. The molecule has 2 aliphatic heterocycles. The lowest BCUT2D eigenvalue weighted by atomic mass is 9.94. The molecule has 1 saturated carbocycles. The molecule has 1 N–H and O–H groups in total. The number of nitrogens with zero attached hydrogens (tertiary/aromatic N) is 5. The van der Waals surface area contributed by atoms with Crippen molar-refractivity contribution in [1.82, 2.24) is 14.9 Å². The normalized spacial score (nSPS) is 19.5. The number of rotatable bonds is 8. The van der Waals surface area contributed by atoms with Gasteiger partial charge in [-0.1, -0.05) is 19.3 Å². The predicted octanol–water partition coefficient (Wildman–Crippen LogP) is 3.60. The average molecular weight is 465 g/mol. The van der Waals surface area contributed by atoms with Crippen LogP contribution < -0.4 is 15.1 Å². The molecular weight excluding hydrogens is 428 g/mol.